The fourth-order valence-corrected chi connectivity index (χ4v) is 2.04. The van der Waals surface area contributed by atoms with Crippen LogP contribution in [0.3, 0.4) is 0 Å². The number of benzene rings is 1. The van der Waals surface area contributed by atoms with Gasteiger partial charge in [0.1, 0.15) is 11.6 Å². The second-order valence-corrected chi connectivity index (χ2v) is 4.50. The molecule has 8 nitrogen and oxygen atoms in total. The molecule has 2 aromatic heterocycles. The number of hydrogen-bond acceptors (Lipinski definition) is 5. The number of nitrogens with zero attached hydrogens (tertiary/aromatic N) is 7. The van der Waals surface area contributed by atoms with E-state index in [9.17, 15) is 0 Å². The summed E-state index contributed by atoms with van der Waals surface area (Å²) in [6.45, 7) is 1.91. The number of fused-ring (bicyclic) bond motifs is 1. The summed E-state index contributed by atoms with van der Waals surface area (Å²) >= 11 is 0. The van der Waals surface area contributed by atoms with Gasteiger partial charge in [-0.1, -0.05) is 17.3 Å². The van der Waals surface area contributed by atoms with Crippen molar-refractivity contribution in [2.24, 2.45) is 15.7 Å². The predicted octanol–water partition coefficient (Wildman–Crippen LogP) is 1.50. The van der Waals surface area contributed by atoms with Crippen molar-refractivity contribution in [3.8, 4) is 0 Å². The van der Waals surface area contributed by atoms with Crippen LogP contribution in [-0.4, -0.2) is 37.1 Å². The molecule has 0 saturated heterocycles. The standard InChI is InChI=1S/C14H14N8/c1-10(22-12-6-3-2-5-11(12)20-21-22)13(18-9-15)19-14-16-7-4-8-17-14/h2-10H,1H3,(H2,15,16,17,18,19). The van der Waals surface area contributed by atoms with E-state index in [1.165, 1.54) is 6.34 Å². The van der Waals surface area contributed by atoms with E-state index in [-0.39, 0.29) is 6.04 Å². The number of nitrogens with two attached hydrogens (primary N) is 1. The molecule has 1 unspecified atom stereocenters. The van der Waals surface area contributed by atoms with Crippen molar-refractivity contribution >= 4 is 29.2 Å². The lowest BCUT2D eigenvalue weighted by atomic mass is 10.2. The minimum absolute atomic E-state index is 0.268. The van der Waals surface area contributed by atoms with E-state index in [1.54, 1.807) is 23.1 Å². The summed E-state index contributed by atoms with van der Waals surface area (Å²) in [5.41, 5.74) is 7.13. The highest BCUT2D eigenvalue weighted by Crippen LogP contribution is 2.18. The largest absolute Gasteiger partial charge is 0.390 e. The average molecular weight is 294 g/mol. The molecule has 2 N–H and O–H groups in total. The summed E-state index contributed by atoms with van der Waals surface area (Å²) in [5.74, 6) is 0.767. The van der Waals surface area contributed by atoms with Gasteiger partial charge in [-0.2, -0.15) is 4.99 Å². The summed E-state index contributed by atoms with van der Waals surface area (Å²) in [7, 11) is 0. The Morgan fingerprint density at radius 1 is 1.23 bits per heavy atom. The van der Waals surface area contributed by atoms with Crippen LogP contribution in [-0.2, 0) is 0 Å². The van der Waals surface area contributed by atoms with E-state index in [2.05, 4.69) is 30.3 Å². The lowest BCUT2D eigenvalue weighted by Gasteiger charge is -2.11. The van der Waals surface area contributed by atoms with Crippen molar-refractivity contribution in [3.63, 3.8) is 0 Å². The van der Waals surface area contributed by atoms with Gasteiger partial charge in [-0.25, -0.2) is 19.6 Å². The molecule has 0 aliphatic rings. The molecular formula is C14H14N8. The highest BCUT2D eigenvalue weighted by Gasteiger charge is 2.16. The molecule has 3 rings (SSSR count). The van der Waals surface area contributed by atoms with Gasteiger partial charge in [0.2, 0.25) is 0 Å². The third kappa shape index (κ3) is 2.66. The van der Waals surface area contributed by atoms with E-state index < -0.39 is 0 Å². The van der Waals surface area contributed by atoms with Crippen LogP contribution in [0.2, 0.25) is 0 Å². The molecule has 0 radical (unpaired) electrons. The van der Waals surface area contributed by atoms with Gasteiger partial charge in [0.15, 0.2) is 5.84 Å². The maximum absolute atomic E-state index is 5.43. The minimum Gasteiger partial charge on any atom is -0.390 e. The van der Waals surface area contributed by atoms with E-state index in [0.717, 1.165) is 11.0 Å². The second-order valence-electron chi connectivity index (χ2n) is 4.50. The smallest absolute Gasteiger partial charge is 0.251 e. The van der Waals surface area contributed by atoms with Crippen LogP contribution in [0.15, 0.2) is 52.7 Å². The second kappa shape index (κ2) is 6.08. The molecule has 0 aliphatic heterocycles. The van der Waals surface area contributed by atoms with Gasteiger partial charge in [-0.3, -0.25) is 0 Å². The number of rotatable bonds is 3. The molecule has 0 saturated carbocycles. The van der Waals surface area contributed by atoms with Crippen LogP contribution in [0.4, 0.5) is 5.95 Å². The van der Waals surface area contributed by atoms with Crippen molar-refractivity contribution in [2.45, 2.75) is 13.0 Å². The Bertz CT molecular complexity index is 821. The Kier molecular flexibility index (Phi) is 3.82. The van der Waals surface area contributed by atoms with Crippen molar-refractivity contribution in [1.82, 2.24) is 25.0 Å². The van der Waals surface area contributed by atoms with Crippen LogP contribution in [0, 0.1) is 0 Å². The minimum atomic E-state index is -0.268. The van der Waals surface area contributed by atoms with Crippen molar-refractivity contribution < 1.29 is 0 Å². The first-order chi connectivity index (χ1) is 10.8. The molecule has 1 aromatic carbocycles. The van der Waals surface area contributed by atoms with E-state index in [4.69, 9.17) is 5.73 Å². The van der Waals surface area contributed by atoms with Crippen LogP contribution in [0.1, 0.15) is 13.0 Å². The van der Waals surface area contributed by atoms with Crippen molar-refractivity contribution in [3.05, 3.63) is 42.7 Å². The number of hydrogen-bond donors (Lipinski definition) is 1. The first kappa shape index (κ1) is 13.8. The number of amidine groups is 1. The predicted molar refractivity (Wildman–Crippen MR) is 84.0 cm³/mol. The molecule has 0 spiro atoms. The maximum atomic E-state index is 5.43. The maximum Gasteiger partial charge on any atom is 0.251 e. The van der Waals surface area contributed by atoms with Gasteiger partial charge >= 0.3 is 0 Å². The quantitative estimate of drug-likeness (QED) is 0.581. The summed E-state index contributed by atoms with van der Waals surface area (Å²) in [6, 6.07) is 9.13. The van der Waals surface area contributed by atoms with Crippen molar-refractivity contribution in [2.75, 3.05) is 0 Å². The number of aliphatic imine (C=N–C) groups is 2. The van der Waals surface area contributed by atoms with Crippen LogP contribution >= 0.6 is 0 Å². The van der Waals surface area contributed by atoms with Crippen LogP contribution in [0.5, 0.6) is 0 Å². The van der Waals surface area contributed by atoms with Gasteiger partial charge in [0.25, 0.3) is 5.95 Å². The highest BCUT2D eigenvalue weighted by molar-refractivity contribution is 5.93. The van der Waals surface area contributed by atoms with Gasteiger partial charge in [0.05, 0.1) is 11.9 Å². The molecular weight excluding hydrogens is 280 g/mol. The van der Waals surface area contributed by atoms with E-state index in [0.29, 0.717) is 11.8 Å². The summed E-state index contributed by atoms with van der Waals surface area (Å²) < 4.78 is 1.74. The Hall–Kier alpha value is -3.16. The molecule has 110 valence electrons. The van der Waals surface area contributed by atoms with Crippen LogP contribution in [0.25, 0.3) is 11.0 Å². The molecule has 0 bridgehead atoms. The number of para-hydroxylation sites is 1. The fraction of sp³-hybridized carbons (Fsp3) is 0.143. The first-order valence-corrected chi connectivity index (χ1v) is 6.69. The Balaban J connectivity index is 2.03. The monoisotopic (exact) mass is 294 g/mol. The summed E-state index contributed by atoms with van der Waals surface area (Å²) in [4.78, 5) is 16.6. The SMILES string of the molecule is CC(C(N=CN)=Nc1ncccn1)n1nnc2ccccc21. The van der Waals surface area contributed by atoms with Gasteiger partial charge in [-0.15, -0.1) is 5.10 Å². The van der Waals surface area contributed by atoms with Gasteiger partial charge in [0, 0.05) is 12.4 Å². The zero-order valence-electron chi connectivity index (χ0n) is 11.9. The van der Waals surface area contributed by atoms with Gasteiger partial charge < -0.3 is 5.73 Å². The Morgan fingerprint density at radius 3 is 2.77 bits per heavy atom. The molecule has 1 atom stereocenters. The lowest BCUT2D eigenvalue weighted by molar-refractivity contribution is 0.597. The Labute approximate surface area is 126 Å². The van der Waals surface area contributed by atoms with Crippen LogP contribution < -0.4 is 5.73 Å². The van der Waals surface area contributed by atoms with Gasteiger partial charge in [-0.05, 0) is 25.1 Å². The molecule has 0 aliphatic carbocycles. The van der Waals surface area contributed by atoms with Crippen molar-refractivity contribution in [1.29, 1.82) is 0 Å². The molecule has 0 fully saturated rings. The zero-order chi connectivity index (χ0) is 15.4. The normalized spacial score (nSPS) is 13.8. The lowest BCUT2D eigenvalue weighted by Crippen LogP contribution is -2.17. The molecule has 8 heteroatoms. The zero-order valence-corrected chi connectivity index (χ0v) is 11.9. The molecule has 3 aromatic rings. The third-order valence-electron chi connectivity index (χ3n) is 3.09. The van der Waals surface area contributed by atoms with E-state index >= 15 is 0 Å². The first-order valence-electron chi connectivity index (χ1n) is 6.69. The molecule has 22 heavy (non-hydrogen) atoms. The molecule has 0 amide bonds. The molecule has 2 heterocycles. The Morgan fingerprint density at radius 2 is 2.00 bits per heavy atom. The number of aromatic nitrogens is 5. The summed E-state index contributed by atoms with van der Waals surface area (Å²) in [5, 5.41) is 8.30. The third-order valence-corrected chi connectivity index (χ3v) is 3.09. The van der Waals surface area contributed by atoms with E-state index in [1.807, 2.05) is 31.2 Å². The fourth-order valence-electron chi connectivity index (χ4n) is 2.04. The highest BCUT2D eigenvalue weighted by atomic mass is 15.4. The summed E-state index contributed by atoms with van der Waals surface area (Å²) in [6.07, 6.45) is 4.42. The average Bonchev–Trinajstić information content (AvgIpc) is 2.99. The topological polar surface area (TPSA) is 107 Å².